The third-order valence-electron chi connectivity index (χ3n) is 2.66. The van der Waals surface area contributed by atoms with Gasteiger partial charge in [-0.25, -0.2) is 0 Å². The van der Waals surface area contributed by atoms with Gasteiger partial charge in [0.25, 0.3) is 0 Å². The molecule has 19 heavy (non-hydrogen) atoms. The molecule has 0 radical (unpaired) electrons. The molecule has 0 aromatic rings. The van der Waals surface area contributed by atoms with E-state index >= 15 is 0 Å². The van der Waals surface area contributed by atoms with Crippen molar-refractivity contribution in [1.29, 1.82) is 0 Å². The monoisotopic (exact) mass is 276 g/mol. The maximum atomic E-state index is 10.9. The summed E-state index contributed by atoms with van der Waals surface area (Å²) in [5.41, 5.74) is 0. The Hall–Kier alpha value is -2.12. The Morgan fingerprint density at radius 3 is 1.16 bits per heavy atom. The number of aliphatic carboxylic acids is 4. The fraction of sp³-hybridized carbons (Fsp3) is 0.636. The van der Waals surface area contributed by atoms with Crippen molar-refractivity contribution in [3.8, 4) is 0 Å². The number of hydrogen-bond acceptors (Lipinski definition) is 4. The van der Waals surface area contributed by atoms with Crippen LogP contribution in [-0.4, -0.2) is 44.3 Å². The van der Waals surface area contributed by atoms with Gasteiger partial charge in [0.1, 0.15) is 0 Å². The predicted octanol–water partition coefficient (Wildman–Crippen LogP) is 0.219. The lowest BCUT2D eigenvalue weighted by molar-refractivity contribution is -0.165. The Bertz CT molecular complexity index is 326. The van der Waals surface area contributed by atoms with Crippen molar-refractivity contribution in [3.05, 3.63) is 0 Å². The topological polar surface area (TPSA) is 149 Å². The first-order valence-corrected chi connectivity index (χ1v) is 5.50. The molecule has 4 N–H and O–H groups in total. The molecule has 0 heterocycles. The van der Waals surface area contributed by atoms with E-state index in [-0.39, 0.29) is 12.3 Å². The van der Waals surface area contributed by atoms with Gasteiger partial charge in [-0.2, -0.15) is 0 Å². The van der Waals surface area contributed by atoms with E-state index in [4.69, 9.17) is 20.4 Å². The highest BCUT2D eigenvalue weighted by Gasteiger charge is 2.46. The SMILES string of the molecule is CC(C)CC(C(C(=O)O)C(=O)O)C(C(=O)O)C(=O)O. The fourth-order valence-electron chi connectivity index (χ4n) is 1.95. The molecule has 0 aliphatic heterocycles. The maximum Gasteiger partial charge on any atom is 0.318 e. The molecule has 0 fully saturated rings. The lowest BCUT2D eigenvalue weighted by Gasteiger charge is -2.25. The summed E-state index contributed by atoms with van der Waals surface area (Å²) in [5, 5.41) is 35.5. The minimum absolute atomic E-state index is 0.132. The smallest absolute Gasteiger partial charge is 0.318 e. The average molecular weight is 276 g/mol. The van der Waals surface area contributed by atoms with Gasteiger partial charge < -0.3 is 20.4 Å². The molecule has 0 amide bonds. The van der Waals surface area contributed by atoms with Crippen molar-refractivity contribution in [2.45, 2.75) is 20.3 Å². The van der Waals surface area contributed by atoms with E-state index in [9.17, 15) is 19.2 Å². The lowest BCUT2D eigenvalue weighted by Crippen LogP contribution is -2.42. The van der Waals surface area contributed by atoms with Crippen LogP contribution in [0.4, 0.5) is 0 Å². The summed E-state index contributed by atoms with van der Waals surface area (Å²) in [6, 6.07) is 0. The molecule has 0 rings (SSSR count). The molecule has 0 aromatic heterocycles. The van der Waals surface area contributed by atoms with Gasteiger partial charge in [0.05, 0.1) is 0 Å². The van der Waals surface area contributed by atoms with Crippen LogP contribution in [0.2, 0.25) is 0 Å². The van der Waals surface area contributed by atoms with Crippen LogP contribution in [0.5, 0.6) is 0 Å². The van der Waals surface area contributed by atoms with Crippen LogP contribution in [0.1, 0.15) is 20.3 Å². The Balaban J connectivity index is 5.62. The summed E-state index contributed by atoms with van der Waals surface area (Å²) in [7, 11) is 0. The van der Waals surface area contributed by atoms with Crippen LogP contribution in [0.25, 0.3) is 0 Å². The molecule has 0 saturated heterocycles. The molecule has 108 valence electrons. The Morgan fingerprint density at radius 2 is 1.00 bits per heavy atom. The minimum Gasteiger partial charge on any atom is -0.481 e. The Morgan fingerprint density at radius 1 is 0.737 bits per heavy atom. The molecule has 8 nitrogen and oxygen atoms in total. The van der Waals surface area contributed by atoms with Crippen LogP contribution in [-0.2, 0) is 19.2 Å². The van der Waals surface area contributed by atoms with Gasteiger partial charge in [0.2, 0.25) is 0 Å². The van der Waals surface area contributed by atoms with Gasteiger partial charge in [-0.3, -0.25) is 19.2 Å². The largest absolute Gasteiger partial charge is 0.481 e. The zero-order valence-corrected chi connectivity index (χ0v) is 10.4. The van der Waals surface area contributed by atoms with Gasteiger partial charge in [-0.05, 0) is 12.3 Å². The van der Waals surface area contributed by atoms with Gasteiger partial charge in [0, 0.05) is 5.92 Å². The molecule has 0 aliphatic rings. The van der Waals surface area contributed by atoms with E-state index in [1.165, 1.54) is 0 Å². The van der Waals surface area contributed by atoms with Gasteiger partial charge in [0.15, 0.2) is 11.8 Å². The third kappa shape index (κ3) is 4.57. The number of carboxylic acids is 4. The van der Waals surface area contributed by atoms with Crippen molar-refractivity contribution in [3.63, 3.8) is 0 Å². The van der Waals surface area contributed by atoms with Crippen LogP contribution in [0.15, 0.2) is 0 Å². The van der Waals surface area contributed by atoms with Gasteiger partial charge in [-0.15, -0.1) is 0 Å². The number of rotatable bonds is 8. The molecule has 0 atom stereocenters. The number of carboxylic acid groups (broad SMARTS) is 4. The van der Waals surface area contributed by atoms with Crippen LogP contribution in [0, 0.1) is 23.7 Å². The Labute approximate surface area is 108 Å². The zero-order valence-electron chi connectivity index (χ0n) is 10.4. The van der Waals surface area contributed by atoms with Crippen molar-refractivity contribution >= 4 is 23.9 Å². The molecule has 0 aliphatic carbocycles. The average Bonchev–Trinajstić information content (AvgIpc) is 2.12. The molecule has 8 heteroatoms. The normalized spacial score (nSPS) is 11.3. The van der Waals surface area contributed by atoms with E-state index in [2.05, 4.69) is 0 Å². The summed E-state index contributed by atoms with van der Waals surface area (Å²) in [6.07, 6.45) is -0.132. The second-order valence-corrected chi connectivity index (χ2v) is 4.60. The lowest BCUT2D eigenvalue weighted by atomic mass is 9.76. The molecule has 0 saturated carbocycles. The summed E-state index contributed by atoms with van der Waals surface area (Å²) in [6.45, 7) is 3.24. The van der Waals surface area contributed by atoms with E-state index < -0.39 is 41.6 Å². The highest BCUT2D eigenvalue weighted by atomic mass is 16.4. The van der Waals surface area contributed by atoms with E-state index in [0.29, 0.717) is 0 Å². The quantitative estimate of drug-likeness (QED) is 0.460. The zero-order chi connectivity index (χ0) is 15.3. The van der Waals surface area contributed by atoms with Crippen molar-refractivity contribution in [2.75, 3.05) is 0 Å². The van der Waals surface area contributed by atoms with Crippen LogP contribution >= 0.6 is 0 Å². The van der Waals surface area contributed by atoms with Crippen molar-refractivity contribution in [2.24, 2.45) is 23.7 Å². The van der Waals surface area contributed by atoms with Gasteiger partial charge in [-0.1, -0.05) is 13.8 Å². The van der Waals surface area contributed by atoms with Gasteiger partial charge >= 0.3 is 23.9 Å². The van der Waals surface area contributed by atoms with Crippen LogP contribution < -0.4 is 0 Å². The standard InChI is InChI=1S/C11H16O8/c1-4(2)3-5(6(8(12)13)9(14)15)7(10(16)17)11(18)19/h4-7H,3H2,1-2H3,(H,12,13)(H,14,15)(H,16,17)(H,18,19). The molecule has 0 spiro atoms. The van der Waals surface area contributed by atoms with Crippen molar-refractivity contribution < 1.29 is 39.6 Å². The molecule has 0 bridgehead atoms. The summed E-state index contributed by atoms with van der Waals surface area (Å²) in [4.78, 5) is 43.8. The fourth-order valence-corrected chi connectivity index (χ4v) is 1.95. The number of carbonyl (C=O) groups is 4. The first-order valence-electron chi connectivity index (χ1n) is 5.50. The minimum atomic E-state index is -2.07. The highest BCUT2D eigenvalue weighted by molar-refractivity contribution is 5.98. The predicted molar refractivity (Wildman–Crippen MR) is 60.5 cm³/mol. The number of hydrogen-bond donors (Lipinski definition) is 4. The third-order valence-corrected chi connectivity index (χ3v) is 2.66. The molecular formula is C11H16O8. The second kappa shape index (κ2) is 6.72. The summed E-state index contributed by atoms with van der Waals surface area (Å²) >= 11 is 0. The maximum absolute atomic E-state index is 10.9. The first kappa shape index (κ1) is 16.9. The summed E-state index contributed by atoms with van der Waals surface area (Å²) in [5.74, 6) is -12.9. The van der Waals surface area contributed by atoms with E-state index in [1.54, 1.807) is 13.8 Å². The van der Waals surface area contributed by atoms with E-state index in [0.717, 1.165) is 0 Å². The molecule has 0 aromatic carbocycles. The second-order valence-electron chi connectivity index (χ2n) is 4.60. The van der Waals surface area contributed by atoms with Crippen molar-refractivity contribution in [1.82, 2.24) is 0 Å². The Kier molecular flexibility index (Phi) is 5.97. The van der Waals surface area contributed by atoms with Crippen LogP contribution in [0.3, 0.4) is 0 Å². The first-order chi connectivity index (χ1) is 8.59. The molecular weight excluding hydrogens is 260 g/mol. The highest BCUT2D eigenvalue weighted by Crippen LogP contribution is 2.30. The molecule has 0 unspecified atom stereocenters. The van der Waals surface area contributed by atoms with E-state index in [1.807, 2.05) is 0 Å². The summed E-state index contributed by atoms with van der Waals surface area (Å²) < 4.78 is 0.